The van der Waals surface area contributed by atoms with Crippen LogP contribution in [0.5, 0.6) is 0 Å². The van der Waals surface area contributed by atoms with Gasteiger partial charge < -0.3 is 26.0 Å². The topological polar surface area (TPSA) is 201 Å². The van der Waals surface area contributed by atoms with Crippen LogP contribution in [0.25, 0.3) is 5.69 Å². The summed E-state index contributed by atoms with van der Waals surface area (Å²) < 4.78 is 13.9. The summed E-state index contributed by atoms with van der Waals surface area (Å²) in [6.07, 6.45) is 1.94. The molecule has 0 aliphatic heterocycles. The number of nitrogens with zero attached hydrogens (tertiary/aromatic N) is 3. The standard InChI is InChI=1S/C24H30FN5O8/c25-12-2-4-16-14-30(29-28-16)17-8-6-15(7-9-17)3-1-5-20(31)27-19(24(37)38)13-21(32)26-18(23(35)36)10-11-22(33)34/h6-9,14,18-19H,1-5,10-13H2,(H,26,32)(H,27,31)(H,33,34)(H,35,36)(H,37,38)/t18-,19-/m0/s1. The van der Waals surface area contributed by atoms with Crippen LogP contribution in [-0.2, 0) is 36.8 Å². The van der Waals surface area contributed by atoms with Crippen molar-refractivity contribution in [1.29, 1.82) is 0 Å². The molecule has 0 aliphatic carbocycles. The average molecular weight is 536 g/mol. The molecule has 0 bridgehead atoms. The lowest BCUT2D eigenvalue weighted by molar-refractivity contribution is -0.145. The van der Waals surface area contributed by atoms with E-state index in [-0.39, 0.29) is 12.8 Å². The van der Waals surface area contributed by atoms with Crippen LogP contribution in [0.1, 0.15) is 49.8 Å². The number of rotatable bonds is 17. The van der Waals surface area contributed by atoms with E-state index >= 15 is 0 Å². The third-order valence-electron chi connectivity index (χ3n) is 5.48. The van der Waals surface area contributed by atoms with E-state index in [0.29, 0.717) is 31.4 Å². The third kappa shape index (κ3) is 10.3. The van der Waals surface area contributed by atoms with Gasteiger partial charge in [-0.1, -0.05) is 17.3 Å². The maximum absolute atomic E-state index is 12.3. The Balaban J connectivity index is 1.81. The number of carboxylic acid groups (broad SMARTS) is 3. The molecule has 206 valence electrons. The molecule has 1 heterocycles. The quantitative estimate of drug-likeness (QED) is 0.194. The van der Waals surface area contributed by atoms with Crippen molar-refractivity contribution in [2.24, 2.45) is 0 Å². The number of halogens is 1. The van der Waals surface area contributed by atoms with Crippen LogP contribution in [0.15, 0.2) is 30.5 Å². The molecule has 2 rings (SSSR count). The van der Waals surface area contributed by atoms with E-state index in [1.54, 1.807) is 10.9 Å². The first-order valence-electron chi connectivity index (χ1n) is 11.9. The summed E-state index contributed by atoms with van der Waals surface area (Å²) in [5.74, 6) is -5.71. The first-order valence-corrected chi connectivity index (χ1v) is 11.9. The molecule has 5 N–H and O–H groups in total. The molecule has 1 aromatic carbocycles. The number of amides is 2. The highest BCUT2D eigenvalue weighted by molar-refractivity contribution is 5.90. The van der Waals surface area contributed by atoms with E-state index in [4.69, 9.17) is 10.2 Å². The Bertz CT molecular complexity index is 1120. The number of hydrogen-bond donors (Lipinski definition) is 5. The lowest BCUT2D eigenvalue weighted by Crippen LogP contribution is -2.47. The smallest absolute Gasteiger partial charge is 0.326 e. The first-order chi connectivity index (χ1) is 18.1. The summed E-state index contributed by atoms with van der Waals surface area (Å²) in [6, 6.07) is 4.27. The van der Waals surface area contributed by atoms with E-state index in [1.807, 2.05) is 24.3 Å². The third-order valence-corrected chi connectivity index (χ3v) is 5.48. The zero-order valence-electron chi connectivity index (χ0n) is 20.5. The molecule has 2 aromatic rings. The first kappa shape index (κ1) is 29.9. The molecule has 1 aromatic heterocycles. The summed E-state index contributed by atoms with van der Waals surface area (Å²) in [5.41, 5.74) is 2.38. The highest BCUT2D eigenvalue weighted by Crippen LogP contribution is 2.12. The minimum Gasteiger partial charge on any atom is -0.481 e. The number of carboxylic acids is 3. The molecular formula is C24H30FN5O8. The number of benzene rings is 1. The van der Waals surface area contributed by atoms with E-state index in [9.17, 15) is 33.5 Å². The van der Waals surface area contributed by atoms with Crippen LogP contribution in [0.3, 0.4) is 0 Å². The van der Waals surface area contributed by atoms with Gasteiger partial charge in [-0.3, -0.25) is 18.8 Å². The Hall–Kier alpha value is -4.36. The van der Waals surface area contributed by atoms with Gasteiger partial charge in [0.25, 0.3) is 0 Å². The van der Waals surface area contributed by atoms with Gasteiger partial charge in [0.15, 0.2) is 0 Å². The van der Waals surface area contributed by atoms with Crippen molar-refractivity contribution in [3.63, 3.8) is 0 Å². The molecule has 0 unspecified atom stereocenters. The van der Waals surface area contributed by atoms with Crippen LogP contribution < -0.4 is 10.6 Å². The SMILES string of the molecule is O=C(O)CC[C@H](NC(=O)C[C@H](NC(=O)CCCc1ccc(-n2cc(CCCF)nn2)cc1)C(=O)O)C(=O)O. The fourth-order valence-corrected chi connectivity index (χ4v) is 3.49. The van der Waals surface area contributed by atoms with E-state index in [2.05, 4.69) is 20.9 Å². The van der Waals surface area contributed by atoms with Crippen molar-refractivity contribution in [2.45, 2.75) is 63.5 Å². The summed E-state index contributed by atoms with van der Waals surface area (Å²) >= 11 is 0. The molecule has 0 saturated carbocycles. The van der Waals surface area contributed by atoms with Crippen molar-refractivity contribution < 1.29 is 43.7 Å². The number of alkyl halides is 1. The van der Waals surface area contributed by atoms with Gasteiger partial charge in [-0.25, -0.2) is 14.3 Å². The molecule has 0 fully saturated rings. The maximum Gasteiger partial charge on any atom is 0.326 e. The van der Waals surface area contributed by atoms with E-state index < -0.39 is 61.3 Å². The predicted molar refractivity (Wildman–Crippen MR) is 129 cm³/mol. The number of carbonyl (C=O) groups excluding carboxylic acids is 2. The molecule has 0 aliphatic rings. The van der Waals surface area contributed by atoms with Crippen LogP contribution in [0, 0.1) is 0 Å². The van der Waals surface area contributed by atoms with Crippen molar-refractivity contribution in [3.8, 4) is 5.69 Å². The summed E-state index contributed by atoms with van der Waals surface area (Å²) in [7, 11) is 0. The molecule has 0 radical (unpaired) electrons. The summed E-state index contributed by atoms with van der Waals surface area (Å²) in [6.45, 7) is -0.421. The second-order valence-corrected chi connectivity index (χ2v) is 8.52. The molecule has 0 saturated heterocycles. The van der Waals surface area contributed by atoms with E-state index in [0.717, 1.165) is 11.3 Å². The number of aryl methyl sites for hydroxylation is 2. The van der Waals surface area contributed by atoms with Gasteiger partial charge >= 0.3 is 17.9 Å². The monoisotopic (exact) mass is 535 g/mol. The number of nitrogens with one attached hydrogen (secondary N) is 2. The van der Waals surface area contributed by atoms with Crippen molar-refractivity contribution in [1.82, 2.24) is 25.6 Å². The Kier molecular flexibility index (Phi) is 11.8. The molecule has 14 heteroatoms. The lowest BCUT2D eigenvalue weighted by Gasteiger charge is -2.17. The van der Waals surface area contributed by atoms with Crippen molar-refractivity contribution >= 4 is 29.7 Å². The Morgan fingerprint density at radius 2 is 1.53 bits per heavy atom. The molecule has 38 heavy (non-hydrogen) atoms. The van der Waals surface area contributed by atoms with Gasteiger partial charge in [0.1, 0.15) is 12.1 Å². The minimum absolute atomic E-state index is 0.00940. The number of aromatic nitrogens is 3. The Labute approximate surface area is 217 Å². The van der Waals surface area contributed by atoms with Crippen LogP contribution in [-0.4, -0.2) is 78.8 Å². The van der Waals surface area contributed by atoms with Gasteiger partial charge in [-0.05, 0) is 49.8 Å². The second-order valence-electron chi connectivity index (χ2n) is 8.52. The zero-order valence-corrected chi connectivity index (χ0v) is 20.5. The molecule has 2 amide bonds. The van der Waals surface area contributed by atoms with Gasteiger partial charge in [-0.2, -0.15) is 0 Å². The highest BCUT2D eigenvalue weighted by atomic mass is 19.1. The average Bonchev–Trinajstić information content (AvgIpc) is 3.34. The fourth-order valence-electron chi connectivity index (χ4n) is 3.49. The van der Waals surface area contributed by atoms with Crippen LogP contribution in [0.2, 0.25) is 0 Å². The van der Waals surface area contributed by atoms with Crippen molar-refractivity contribution in [3.05, 3.63) is 41.7 Å². The second kappa shape index (κ2) is 15.0. The van der Waals surface area contributed by atoms with Gasteiger partial charge in [-0.15, -0.1) is 5.10 Å². The Morgan fingerprint density at radius 1 is 0.868 bits per heavy atom. The summed E-state index contributed by atoms with van der Waals surface area (Å²) in [5, 5.41) is 39.5. The van der Waals surface area contributed by atoms with Gasteiger partial charge in [0.2, 0.25) is 11.8 Å². The number of hydrogen-bond acceptors (Lipinski definition) is 7. The maximum atomic E-state index is 12.3. The van der Waals surface area contributed by atoms with Crippen LogP contribution >= 0.6 is 0 Å². The predicted octanol–water partition coefficient (Wildman–Crippen LogP) is 0.886. The van der Waals surface area contributed by atoms with E-state index in [1.165, 1.54) is 0 Å². The number of aliphatic carboxylic acids is 3. The molecular weight excluding hydrogens is 505 g/mol. The lowest BCUT2D eigenvalue weighted by atomic mass is 10.1. The molecule has 13 nitrogen and oxygen atoms in total. The van der Waals surface area contributed by atoms with Crippen molar-refractivity contribution in [2.75, 3.05) is 6.67 Å². The normalized spacial score (nSPS) is 12.3. The van der Waals surface area contributed by atoms with Gasteiger partial charge in [0.05, 0.1) is 30.7 Å². The fraction of sp³-hybridized carbons (Fsp3) is 0.458. The summed E-state index contributed by atoms with van der Waals surface area (Å²) in [4.78, 5) is 57.7. The van der Waals surface area contributed by atoms with Crippen LogP contribution in [0.4, 0.5) is 4.39 Å². The number of carbonyl (C=O) groups is 5. The largest absolute Gasteiger partial charge is 0.481 e. The van der Waals surface area contributed by atoms with Gasteiger partial charge in [0, 0.05) is 12.8 Å². The Morgan fingerprint density at radius 3 is 2.13 bits per heavy atom. The zero-order chi connectivity index (χ0) is 28.1. The molecule has 2 atom stereocenters. The molecule has 0 spiro atoms. The highest BCUT2D eigenvalue weighted by Gasteiger charge is 2.26. The minimum atomic E-state index is -1.58.